The molecule has 2 atom stereocenters. The van der Waals surface area contributed by atoms with Crippen molar-refractivity contribution in [2.75, 3.05) is 0 Å². The Morgan fingerprint density at radius 3 is 2.88 bits per heavy atom. The molecule has 0 radical (unpaired) electrons. The highest BCUT2D eigenvalue weighted by Gasteiger charge is 2.17. The maximum Gasteiger partial charge on any atom is 0.152 e. The van der Waals surface area contributed by atoms with E-state index in [0.717, 1.165) is 29.0 Å². The lowest BCUT2D eigenvalue weighted by Crippen LogP contribution is -2.17. The molecule has 2 aromatic heterocycles. The zero-order valence-corrected chi connectivity index (χ0v) is 10.0. The molecule has 2 heterocycles. The van der Waals surface area contributed by atoms with E-state index in [-0.39, 0.29) is 6.04 Å². The van der Waals surface area contributed by atoms with E-state index in [9.17, 15) is 0 Å². The molecule has 0 aromatic carbocycles. The second-order valence-electron chi connectivity index (χ2n) is 4.40. The lowest BCUT2D eigenvalue weighted by Gasteiger charge is -2.14. The van der Waals surface area contributed by atoms with E-state index in [4.69, 9.17) is 10.2 Å². The minimum Gasteiger partial charge on any atom is -0.458 e. The molecular weight excluding hydrogens is 200 g/mol. The fraction of sp³-hybridized carbons (Fsp3) is 0.462. The Kier molecular flexibility index (Phi) is 2.97. The van der Waals surface area contributed by atoms with Crippen molar-refractivity contribution in [1.29, 1.82) is 0 Å². The van der Waals surface area contributed by atoms with Crippen molar-refractivity contribution in [3.05, 3.63) is 29.7 Å². The molecule has 0 spiro atoms. The van der Waals surface area contributed by atoms with E-state index in [0.29, 0.717) is 5.92 Å². The van der Waals surface area contributed by atoms with Crippen molar-refractivity contribution in [3.8, 4) is 0 Å². The van der Waals surface area contributed by atoms with Gasteiger partial charge in [0.25, 0.3) is 0 Å². The summed E-state index contributed by atoms with van der Waals surface area (Å²) in [6, 6.07) is 5.81. The average Bonchev–Trinajstić information content (AvgIpc) is 2.69. The molecule has 16 heavy (non-hydrogen) atoms. The zero-order valence-electron chi connectivity index (χ0n) is 10.0. The Labute approximate surface area is 95.7 Å². The van der Waals surface area contributed by atoms with E-state index >= 15 is 0 Å². The second kappa shape index (κ2) is 4.26. The Hall–Kier alpha value is -1.35. The van der Waals surface area contributed by atoms with E-state index in [2.05, 4.69) is 18.8 Å². The fourth-order valence-corrected chi connectivity index (χ4v) is 1.74. The quantitative estimate of drug-likeness (QED) is 0.860. The Morgan fingerprint density at radius 1 is 1.44 bits per heavy atom. The predicted octanol–water partition coefficient (Wildman–Crippen LogP) is 3.18. The maximum atomic E-state index is 6.13. The molecular formula is C13H18N2O. The number of aromatic nitrogens is 1. The minimum atomic E-state index is -0.0421. The number of pyridine rings is 1. The van der Waals surface area contributed by atoms with Crippen molar-refractivity contribution in [1.82, 2.24) is 4.98 Å². The standard InChI is InChI=1S/C13H18N2O/c1-4-8(2)13(14)12-7-10-11(16-12)6-5-9(3)15-10/h5-8,13H,4,14H2,1-3H3/t8?,13-/m0/s1. The van der Waals surface area contributed by atoms with Crippen LogP contribution in [0.5, 0.6) is 0 Å². The monoisotopic (exact) mass is 218 g/mol. The van der Waals surface area contributed by atoms with E-state index < -0.39 is 0 Å². The zero-order chi connectivity index (χ0) is 11.7. The molecule has 1 unspecified atom stereocenters. The van der Waals surface area contributed by atoms with E-state index in [1.165, 1.54) is 0 Å². The molecule has 0 saturated heterocycles. The number of nitrogens with zero attached hydrogens (tertiary/aromatic N) is 1. The van der Waals surface area contributed by atoms with Crippen molar-refractivity contribution in [3.63, 3.8) is 0 Å². The van der Waals surface area contributed by atoms with Crippen molar-refractivity contribution in [2.24, 2.45) is 11.7 Å². The van der Waals surface area contributed by atoms with Crippen molar-refractivity contribution < 1.29 is 4.42 Å². The van der Waals surface area contributed by atoms with Crippen molar-refractivity contribution in [2.45, 2.75) is 33.2 Å². The highest BCUT2D eigenvalue weighted by Crippen LogP contribution is 2.27. The smallest absolute Gasteiger partial charge is 0.152 e. The third kappa shape index (κ3) is 1.95. The number of nitrogens with two attached hydrogens (primary N) is 1. The van der Waals surface area contributed by atoms with Gasteiger partial charge in [-0.25, -0.2) is 4.98 Å². The molecule has 0 aliphatic carbocycles. The molecule has 0 aliphatic heterocycles. The Morgan fingerprint density at radius 2 is 2.19 bits per heavy atom. The molecule has 86 valence electrons. The van der Waals surface area contributed by atoms with Crippen LogP contribution < -0.4 is 5.73 Å². The first-order chi connectivity index (χ1) is 7.61. The normalized spacial score (nSPS) is 15.2. The number of furan rings is 1. The highest BCUT2D eigenvalue weighted by atomic mass is 16.3. The molecule has 0 aliphatic rings. The van der Waals surface area contributed by atoms with Gasteiger partial charge in [0.1, 0.15) is 11.3 Å². The van der Waals surface area contributed by atoms with Crippen molar-refractivity contribution >= 4 is 11.1 Å². The lowest BCUT2D eigenvalue weighted by molar-refractivity contribution is 0.388. The van der Waals surface area contributed by atoms with Gasteiger partial charge in [-0.15, -0.1) is 0 Å². The van der Waals surface area contributed by atoms with Gasteiger partial charge >= 0.3 is 0 Å². The van der Waals surface area contributed by atoms with Crippen LogP contribution in [0.25, 0.3) is 11.1 Å². The summed E-state index contributed by atoms with van der Waals surface area (Å²) >= 11 is 0. The number of aryl methyl sites for hydroxylation is 1. The highest BCUT2D eigenvalue weighted by molar-refractivity contribution is 5.73. The Balaban J connectivity index is 2.39. The summed E-state index contributed by atoms with van der Waals surface area (Å²) < 4.78 is 5.72. The van der Waals surface area contributed by atoms with Gasteiger partial charge in [0.2, 0.25) is 0 Å². The summed E-state index contributed by atoms with van der Waals surface area (Å²) in [6.45, 7) is 6.24. The number of hydrogen-bond acceptors (Lipinski definition) is 3. The van der Waals surface area contributed by atoms with Crippen LogP contribution >= 0.6 is 0 Å². The summed E-state index contributed by atoms with van der Waals surface area (Å²) in [5, 5.41) is 0. The van der Waals surface area contributed by atoms with Crippen LogP contribution in [0.4, 0.5) is 0 Å². The van der Waals surface area contributed by atoms with Crippen LogP contribution in [0.1, 0.15) is 37.8 Å². The van der Waals surface area contributed by atoms with Gasteiger partial charge in [0.05, 0.1) is 6.04 Å². The summed E-state index contributed by atoms with van der Waals surface area (Å²) in [5.74, 6) is 1.25. The SMILES string of the molecule is CCC(C)[C@H](N)c1cc2nc(C)ccc2o1. The first-order valence-electron chi connectivity index (χ1n) is 5.74. The first kappa shape index (κ1) is 11.1. The molecule has 0 saturated carbocycles. The molecule has 2 aromatic rings. The van der Waals surface area contributed by atoms with E-state index in [1.807, 2.05) is 25.1 Å². The van der Waals surface area contributed by atoms with Gasteiger partial charge in [-0.2, -0.15) is 0 Å². The molecule has 0 fully saturated rings. The van der Waals surface area contributed by atoms with Gasteiger partial charge in [-0.05, 0) is 25.0 Å². The molecule has 2 rings (SSSR count). The van der Waals surface area contributed by atoms with Gasteiger partial charge in [-0.3, -0.25) is 0 Å². The molecule has 3 heteroatoms. The topological polar surface area (TPSA) is 52.0 Å². The van der Waals surface area contributed by atoms with Crippen LogP contribution in [-0.4, -0.2) is 4.98 Å². The average molecular weight is 218 g/mol. The molecule has 3 nitrogen and oxygen atoms in total. The second-order valence-corrected chi connectivity index (χ2v) is 4.40. The largest absolute Gasteiger partial charge is 0.458 e. The number of fused-ring (bicyclic) bond motifs is 1. The number of rotatable bonds is 3. The van der Waals surface area contributed by atoms with Gasteiger partial charge in [0.15, 0.2) is 5.58 Å². The summed E-state index contributed by atoms with van der Waals surface area (Å²) in [7, 11) is 0. The molecule has 0 amide bonds. The number of hydrogen-bond donors (Lipinski definition) is 1. The van der Waals surface area contributed by atoms with E-state index in [1.54, 1.807) is 0 Å². The summed E-state index contributed by atoms with van der Waals surface area (Å²) in [6.07, 6.45) is 1.05. The predicted molar refractivity (Wildman–Crippen MR) is 65.1 cm³/mol. The summed E-state index contributed by atoms with van der Waals surface area (Å²) in [4.78, 5) is 4.41. The Bertz CT molecular complexity index is 490. The maximum absolute atomic E-state index is 6.13. The van der Waals surface area contributed by atoms with Gasteiger partial charge in [-0.1, -0.05) is 20.3 Å². The summed E-state index contributed by atoms with van der Waals surface area (Å²) in [5.41, 5.74) is 8.84. The van der Waals surface area contributed by atoms with Gasteiger partial charge < -0.3 is 10.2 Å². The van der Waals surface area contributed by atoms with Crippen LogP contribution in [0, 0.1) is 12.8 Å². The first-order valence-corrected chi connectivity index (χ1v) is 5.74. The fourth-order valence-electron chi connectivity index (χ4n) is 1.74. The van der Waals surface area contributed by atoms with Crippen LogP contribution in [0.3, 0.4) is 0 Å². The lowest BCUT2D eigenvalue weighted by atomic mass is 9.98. The molecule has 0 bridgehead atoms. The molecule has 2 N–H and O–H groups in total. The minimum absolute atomic E-state index is 0.0421. The van der Waals surface area contributed by atoms with Gasteiger partial charge in [0, 0.05) is 11.8 Å². The third-order valence-electron chi connectivity index (χ3n) is 3.12. The van der Waals surface area contributed by atoms with Crippen LogP contribution in [-0.2, 0) is 0 Å². The third-order valence-corrected chi connectivity index (χ3v) is 3.12. The van der Waals surface area contributed by atoms with Crippen LogP contribution in [0.2, 0.25) is 0 Å². The van der Waals surface area contributed by atoms with Crippen LogP contribution in [0.15, 0.2) is 22.6 Å².